The fourth-order valence-electron chi connectivity index (χ4n) is 3.16. The molecule has 3 atom stereocenters. The maximum Gasteiger partial charge on any atom is 0.326 e. The van der Waals surface area contributed by atoms with Crippen LogP contribution in [0.15, 0.2) is 0 Å². The maximum absolute atomic E-state index is 12.4. The third-order valence-electron chi connectivity index (χ3n) is 4.99. The molecule has 0 aromatic heterocycles. The molecule has 0 saturated carbocycles. The van der Waals surface area contributed by atoms with Crippen LogP contribution < -0.4 is 16.4 Å². The number of unbranched alkanes of at least 4 members (excludes halogenated alkanes) is 1. The first kappa shape index (κ1) is 25.3. The zero-order chi connectivity index (χ0) is 22.8. The monoisotopic (exact) mass is 428 g/mol. The van der Waals surface area contributed by atoms with E-state index < -0.39 is 48.2 Å². The molecule has 1 aliphatic heterocycles. The van der Waals surface area contributed by atoms with Crippen LogP contribution in [-0.2, 0) is 24.0 Å². The highest BCUT2D eigenvalue weighted by Crippen LogP contribution is 2.22. The van der Waals surface area contributed by atoms with Gasteiger partial charge in [0.05, 0.1) is 6.42 Å². The lowest BCUT2D eigenvalue weighted by molar-refractivity contribution is -0.144. The summed E-state index contributed by atoms with van der Waals surface area (Å²) < 4.78 is 0. The number of amides is 3. The van der Waals surface area contributed by atoms with E-state index in [1.54, 1.807) is 18.7 Å². The van der Waals surface area contributed by atoms with Crippen LogP contribution in [-0.4, -0.2) is 76.0 Å². The van der Waals surface area contributed by atoms with Gasteiger partial charge in [0, 0.05) is 25.4 Å². The fraction of sp³-hybridized carbons (Fsp3) is 0.737. The van der Waals surface area contributed by atoms with E-state index in [-0.39, 0.29) is 18.4 Å². The van der Waals surface area contributed by atoms with Gasteiger partial charge in [-0.15, -0.1) is 0 Å². The van der Waals surface area contributed by atoms with Gasteiger partial charge in [-0.05, 0) is 31.7 Å². The van der Waals surface area contributed by atoms with Gasteiger partial charge in [0.25, 0.3) is 0 Å². The number of rotatable bonds is 13. The van der Waals surface area contributed by atoms with Crippen LogP contribution in [0, 0.1) is 5.92 Å². The Balaban J connectivity index is 2.66. The van der Waals surface area contributed by atoms with Crippen LogP contribution in [0.4, 0.5) is 0 Å². The Morgan fingerprint density at radius 3 is 2.23 bits per heavy atom. The average Bonchev–Trinajstić information content (AvgIpc) is 2.61. The summed E-state index contributed by atoms with van der Waals surface area (Å²) in [5, 5.41) is 22.9. The van der Waals surface area contributed by atoms with Crippen molar-refractivity contribution in [1.29, 1.82) is 0 Å². The Morgan fingerprint density at radius 1 is 1.10 bits per heavy atom. The molecule has 3 amide bonds. The molecule has 1 saturated heterocycles. The predicted octanol–water partition coefficient (Wildman–Crippen LogP) is -0.709. The molecule has 0 aromatic rings. The van der Waals surface area contributed by atoms with Crippen molar-refractivity contribution < 1.29 is 34.2 Å². The number of likely N-dealkylation sites (tertiary alicyclic amines) is 1. The molecule has 1 fully saturated rings. The molecule has 1 aliphatic rings. The largest absolute Gasteiger partial charge is 0.481 e. The second-order valence-electron chi connectivity index (χ2n) is 7.77. The molecule has 1 rings (SSSR count). The number of aliphatic carboxylic acids is 2. The number of carbonyl (C=O) groups is 5. The first-order valence-corrected chi connectivity index (χ1v) is 10.1. The summed E-state index contributed by atoms with van der Waals surface area (Å²) in [4.78, 5) is 60.9. The topological polar surface area (TPSA) is 179 Å². The lowest BCUT2D eigenvalue weighted by atomic mass is 9.97. The Bertz CT molecular complexity index is 653. The molecule has 0 bridgehead atoms. The molecule has 30 heavy (non-hydrogen) atoms. The Labute approximate surface area is 175 Å². The fourth-order valence-corrected chi connectivity index (χ4v) is 3.16. The van der Waals surface area contributed by atoms with Crippen LogP contribution in [0.3, 0.4) is 0 Å². The number of carboxylic acids is 2. The number of nitrogens with zero attached hydrogens (tertiary/aromatic N) is 1. The first-order valence-electron chi connectivity index (χ1n) is 10.1. The molecule has 0 spiro atoms. The minimum atomic E-state index is -1.41. The Kier molecular flexibility index (Phi) is 10.2. The van der Waals surface area contributed by atoms with E-state index in [2.05, 4.69) is 10.6 Å². The zero-order valence-corrected chi connectivity index (χ0v) is 17.4. The Morgan fingerprint density at radius 2 is 1.77 bits per heavy atom. The summed E-state index contributed by atoms with van der Waals surface area (Å²) in [7, 11) is 0. The van der Waals surface area contributed by atoms with Crippen LogP contribution in [0.25, 0.3) is 0 Å². The van der Waals surface area contributed by atoms with Gasteiger partial charge in [0.1, 0.15) is 12.1 Å². The standard InChI is InChI=1S/C19H32N4O7/c1-11(2)17(19(29)30)22-18(28)13(10-16(26)27)21-14(24)9-12-6-8-23(12)15(25)5-3-4-7-20/h11-13,17H,3-10,20H2,1-2H3,(H,21,24)(H,22,28)(H,26,27)(H,29,30)/t12-,13-,17-/m0/s1. The van der Waals surface area contributed by atoms with Crippen molar-refractivity contribution in [2.45, 2.75) is 70.5 Å². The van der Waals surface area contributed by atoms with Crippen LogP contribution in [0.5, 0.6) is 0 Å². The van der Waals surface area contributed by atoms with Gasteiger partial charge in [-0.1, -0.05) is 13.8 Å². The van der Waals surface area contributed by atoms with Crippen LogP contribution >= 0.6 is 0 Å². The summed E-state index contributed by atoms with van der Waals surface area (Å²) in [6.45, 7) is 4.25. The van der Waals surface area contributed by atoms with E-state index in [9.17, 15) is 29.1 Å². The molecule has 0 aliphatic carbocycles. The van der Waals surface area contributed by atoms with Crippen molar-refractivity contribution in [3.8, 4) is 0 Å². The van der Waals surface area contributed by atoms with Gasteiger partial charge in [-0.3, -0.25) is 19.2 Å². The average molecular weight is 428 g/mol. The van der Waals surface area contributed by atoms with Crippen molar-refractivity contribution in [2.75, 3.05) is 13.1 Å². The first-order chi connectivity index (χ1) is 14.1. The van der Waals surface area contributed by atoms with Crippen molar-refractivity contribution in [1.82, 2.24) is 15.5 Å². The molecule has 6 N–H and O–H groups in total. The van der Waals surface area contributed by atoms with Gasteiger partial charge >= 0.3 is 11.9 Å². The minimum absolute atomic E-state index is 0.0570. The van der Waals surface area contributed by atoms with E-state index in [4.69, 9.17) is 10.8 Å². The summed E-state index contributed by atoms with van der Waals surface area (Å²) in [6, 6.07) is -2.92. The number of nitrogens with two attached hydrogens (primary N) is 1. The van der Waals surface area contributed by atoms with E-state index >= 15 is 0 Å². The van der Waals surface area contributed by atoms with Gasteiger partial charge < -0.3 is 31.5 Å². The molecule has 0 unspecified atom stereocenters. The van der Waals surface area contributed by atoms with Gasteiger partial charge in [-0.2, -0.15) is 0 Å². The van der Waals surface area contributed by atoms with Crippen molar-refractivity contribution in [2.24, 2.45) is 11.7 Å². The molecule has 170 valence electrons. The highest BCUT2D eigenvalue weighted by atomic mass is 16.4. The van der Waals surface area contributed by atoms with Crippen molar-refractivity contribution in [3.05, 3.63) is 0 Å². The number of carbonyl (C=O) groups excluding carboxylic acids is 3. The third-order valence-corrected chi connectivity index (χ3v) is 4.99. The molecule has 0 radical (unpaired) electrons. The second kappa shape index (κ2) is 12.1. The summed E-state index contributed by atoms with van der Waals surface area (Å²) in [5.41, 5.74) is 5.41. The quantitative estimate of drug-likeness (QED) is 0.239. The van der Waals surface area contributed by atoms with E-state index in [1.165, 1.54) is 0 Å². The molecule has 11 nitrogen and oxygen atoms in total. The van der Waals surface area contributed by atoms with Gasteiger partial charge in [0.2, 0.25) is 17.7 Å². The van der Waals surface area contributed by atoms with Crippen molar-refractivity contribution >= 4 is 29.7 Å². The zero-order valence-electron chi connectivity index (χ0n) is 17.4. The normalized spacial score (nSPS) is 17.6. The minimum Gasteiger partial charge on any atom is -0.481 e. The van der Waals surface area contributed by atoms with Crippen LogP contribution in [0.2, 0.25) is 0 Å². The van der Waals surface area contributed by atoms with Crippen molar-refractivity contribution in [3.63, 3.8) is 0 Å². The lowest BCUT2D eigenvalue weighted by Crippen LogP contribution is -2.56. The van der Waals surface area contributed by atoms with E-state index in [0.717, 1.165) is 6.42 Å². The maximum atomic E-state index is 12.4. The molecular weight excluding hydrogens is 396 g/mol. The van der Waals surface area contributed by atoms with Crippen LogP contribution in [0.1, 0.15) is 52.4 Å². The molecule has 11 heteroatoms. The lowest BCUT2D eigenvalue weighted by Gasteiger charge is -2.41. The number of hydrogen-bond acceptors (Lipinski definition) is 6. The number of carboxylic acid groups (broad SMARTS) is 2. The SMILES string of the molecule is CC(C)[C@H](NC(=O)[C@H](CC(=O)O)NC(=O)C[C@@H]1CCN1C(=O)CCCCN)C(=O)O. The second-order valence-corrected chi connectivity index (χ2v) is 7.77. The number of hydrogen-bond donors (Lipinski definition) is 5. The molecule has 1 heterocycles. The highest BCUT2D eigenvalue weighted by Gasteiger charge is 2.35. The smallest absolute Gasteiger partial charge is 0.326 e. The van der Waals surface area contributed by atoms with E-state index in [0.29, 0.717) is 32.4 Å². The third kappa shape index (κ3) is 7.97. The summed E-state index contributed by atoms with van der Waals surface area (Å²) in [6.07, 6.45) is 1.66. The summed E-state index contributed by atoms with van der Waals surface area (Å²) >= 11 is 0. The van der Waals surface area contributed by atoms with Gasteiger partial charge in [0.15, 0.2) is 0 Å². The Hall–Kier alpha value is -2.69. The van der Waals surface area contributed by atoms with Gasteiger partial charge in [-0.25, -0.2) is 4.79 Å². The summed E-state index contributed by atoms with van der Waals surface area (Å²) in [5.74, 6) is -4.51. The molecule has 0 aromatic carbocycles. The molecular formula is C19H32N4O7. The highest BCUT2D eigenvalue weighted by molar-refractivity contribution is 5.93. The number of nitrogens with one attached hydrogen (secondary N) is 2. The predicted molar refractivity (Wildman–Crippen MR) is 106 cm³/mol. The van der Waals surface area contributed by atoms with E-state index in [1.807, 2.05) is 0 Å².